The summed E-state index contributed by atoms with van der Waals surface area (Å²) in [5.74, 6) is -0.606. The fraction of sp³-hybridized carbons (Fsp3) is 0.500. The molecule has 1 amide bonds. The molecule has 2 aromatic rings. The number of esters is 1. The highest BCUT2D eigenvalue weighted by molar-refractivity contribution is 7.89. The smallest absolute Gasteiger partial charge is 0.341 e. The van der Waals surface area contributed by atoms with Gasteiger partial charge in [-0.05, 0) is 75.3 Å². The lowest BCUT2D eigenvalue weighted by molar-refractivity contribution is -0.120. The fourth-order valence-corrected chi connectivity index (χ4v) is 7.36. The van der Waals surface area contributed by atoms with Crippen LogP contribution in [0.2, 0.25) is 0 Å². The monoisotopic (exact) mass is 506 g/mol. The molecule has 0 radical (unpaired) electrons. The molecule has 4 rings (SSSR count). The molecule has 0 saturated carbocycles. The van der Waals surface area contributed by atoms with E-state index in [1.165, 1.54) is 34.9 Å². The first kappa shape index (κ1) is 24.7. The third kappa shape index (κ3) is 4.99. The molecule has 0 bridgehead atoms. The Kier molecular flexibility index (Phi) is 7.59. The van der Waals surface area contributed by atoms with Gasteiger partial charge in [-0.25, -0.2) is 13.2 Å². The van der Waals surface area contributed by atoms with E-state index < -0.39 is 21.9 Å². The van der Waals surface area contributed by atoms with Crippen LogP contribution < -0.4 is 10.1 Å². The number of rotatable bonds is 7. The Morgan fingerprint density at radius 3 is 2.59 bits per heavy atom. The molecule has 1 aromatic carbocycles. The molecule has 1 aliphatic heterocycles. The minimum atomic E-state index is -3.73. The lowest BCUT2D eigenvalue weighted by Gasteiger charge is -2.31. The molecular formula is C24H30N2O6S2. The predicted octanol–water partition coefficient (Wildman–Crippen LogP) is 3.85. The third-order valence-electron chi connectivity index (χ3n) is 6.34. The molecule has 8 nitrogen and oxygen atoms in total. The summed E-state index contributed by atoms with van der Waals surface area (Å²) in [6, 6.07) is 6.24. The topological polar surface area (TPSA) is 102 Å². The average molecular weight is 507 g/mol. The lowest BCUT2D eigenvalue weighted by atomic mass is 9.95. The number of sulfonamides is 1. The molecule has 1 unspecified atom stereocenters. The molecule has 184 valence electrons. The molecule has 2 aliphatic rings. The standard InChI is InChI=1S/C24H30N2O6S2/c1-3-32-24(28)21-19-8-4-5-9-20(19)33-23(21)25-22(27)16-7-6-14-26(15-16)34(29,30)18-12-10-17(31-2)11-13-18/h10-13,16H,3-9,14-15H2,1-2H3,(H,25,27). The van der Waals surface area contributed by atoms with Gasteiger partial charge in [-0.15, -0.1) is 11.3 Å². The van der Waals surface area contributed by atoms with Crippen molar-refractivity contribution in [3.05, 3.63) is 40.3 Å². The molecule has 1 aromatic heterocycles. The van der Waals surface area contributed by atoms with Gasteiger partial charge in [0, 0.05) is 18.0 Å². The van der Waals surface area contributed by atoms with Crippen LogP contribution in [0.3, 0.4) is 0 Å². The van der Waals surface area contributed by atoms with E-state index in [1.807, 2.05) is 0 Å². The van der Waals surface area contributed by atoms with Gasteiger partial charge >= 0.3 is 5.97 Å². The van der Waals surface area contributed by atoms with Crippen LogP contribution in [0.4, 0.5) is 5.00 Å². The van der Waals surface area contributed by atoms with Gasteiger partial charge in [-0.1, -0.05) is 0 Å². The highest BCUT2D eigenvalue weighted by Gasteiger charge is 2.35. The van der Waals surface area contributed by atoms with Crippen LogP contribution in [-0.2, 0) is 32.4 Å². The summed E-state index contributed by atoms with van der Waals surface area (Å²) < 4.78 is 38.1. The van der Waals surface area contributed by atoms with E-state index in [0.717, 1.165) is 36.1 Å². The molecule has 1 atom stereocenters. The number of nitrogens with one attached hydrogen (secondary N) is 1. The van der Waals surface area contributed by atoms with Crippen LogP contribution in [0.15, 0.2) is 29.2 Å². The maximum absolute atomic E-state index is 13.2. The van der Waals surface area contributed by atoms with Crippen molar-refractivity contribution >= 4 is 38.2 Å². The van der Waals surface area contributed by atoms with Crippen molar-refractivity contribution in [2.24, 2.45) is 5.92 Å². The van der Waals surface area contributed by atoms with Crippen LogP contribution in [-0.4, -0.2) is 51.4 Å². The van der Waals surface area contributed by atoms with Gasteiger partial charge in [-0.3, -0.25) is 4.79 Å². The molecule has 0 spiro atoms. The number of methoxy groups -OCH3 is 1. The summed E-state index contributed by atoms with van der Waals surface area (Å²) in [6.45, 7) is 2.48. The number of nitrogens with zero attached hydrogens (tertiary/aromatic N) is 1. The highest BCUT2D eigenvalue weighted by atomic mass is 32.2. The zero-order valence-corrected chi connectivity index (χ0v) is 21.1. The number of ether oxygens (including phenoxy) is 2. The molecule has 1 N–H and O–H groups in total. The van der Waals surface area contributed by atoms with Crippen molar-refractivity contribution in [3.8, 4) is 5.75 Å². The van der Waals surface area contributed by atoms with E-state index >= 15 is 0 Å². The van der Waals surface area contributed by atoms with E-state index in [9.17, 15) is 18.0 Å². The molecule has 1 saturated heterocycles. The van der Waals surface area contributed by atoms with Crippen LogP contribution in [0, 0.1) is 5.92 Å². The van der Waals surface area contributed by atoms with E-state index in [2.05, 4.69) is 5.32 Å². The Bertz CT molecular complexity index is 1160. The summed E-state index contributed by atoms with van der Waals surface area (Å²) in [6.07, 6.45) is 4.92. The Hall–Kier alpha value is -2.43. The van der Waals surface area contributed by atoms with Gasteiger partial charge in [0.15, 0.2) is 0 Å². The Balaban J connectivity index is 1.52. The van der Waals surface area contributed by atoms with Crippen LogP contribution >= 0.6 is 11.3 Å². The van der Waals surface area contributed by atoms with Crippen molar-refractivity contribution in [2.45, 2.75) is 50.3 Å². The summed E-state index contributed by atoms with van der Waals surface area (Å²) in [4.78, 5) is 27.2. The predicted molar refractivity (Wildman–Crippen MR) is 130 cm³/mol. The Morgan fingerprint density at radius 1 is 1.15 bits per heavy atom. The maximum atomic E-state index is 13.2. The zero-order valence-electron chi connectivity index (χ0n) is 19.5. The molecule has 34 heavy (non-hydrogen) atoms. The van der Waals surface area contributed by atoms with Crippen molar-refractivity contribution < 1.29 is 27.5 Å². The normalized spacial score (nSPS) is 18.7. The summed E-state index contributed by atoms with van der Waals surface area (Å²) in [5, 5.41) is 3.46. The second-order valence-electron chi connectivity index (χ2n) is 8.50. The molecule has 1 fully saturated rings. The van der Waals surface area contributed by atoms with Crippen molar-refractivity contribution in [2.75, 3.05) is 32.1 Å². The van der Waals surface area contributed by atoms with E-state index in [4.69, 9.17) is 9.47 Å². The van der Waals surface area contributed by atoms with Gasteiger partial charge < -0.3 is 14.8 Å². The first-order valence-corrected chi connectivity index (χ1v) is 13.9. The molecule has 10 heteroatoms. The fourth-order valence-electron chi connectivity index (χ4n) is 4.56. The van der Waals surface area contributed by atoms with Gasteiger partial charge in [0.1, 0.15) is 10.8 Å². The highest BCUT2D eigenvalue weighted by Crippen LogP contribution is 2.39. The number of amides is 1. The number of hydrogen-bond donors (Lipinski definition) is 1. The number of piperidine rings is 1. The number of aryl methyl sites for hydroxylation is 1. The number of carbonyl (C=O) groups excluding carboxylic acids is 2. The van der Waals surface area contributed by atoms with Gasteiger partial charge in [0.2, 0.25) is 15.9 Å². The minimum Gasteiger partial charge on any atom is -0.497 e. The first-order chi connectivity index (χ1) is 16.3. The summed E-state index contributed by atoms with van der Waals surface area (Å²) in [7, 11) is -2.21. The SMILES string of the molecule is CCOC(=O)c1c(NC(=O)C2CCCN(S(=O)(=O)c3ccc(OC)cc3)C2)sc2c1CCCC2. The lowest BCUT2D eigenvalue weighted by Crippen LogP contribution is -2.43. The second-order valence-corrected chi connectivity index (χ2v) is 11.5. The van der Waals surface area contributed by atoms with Crippen molar-refractivity contribution in [3.63, 3.8) is 0 Å². The Labute approximate surface area is 204 Å². The van der Waals surface area contributed by atoms with Crippen molar-refractivity contribution in [1.82, 2.24) is 4.31 Å². The van der Waals surface area contributed by atoms with E-state index in [-0.39, 0.29) is 24.0 Å². The van der Waals surface area contributed by atoms with Gasteiger partial charge in [0.25, 0.3) is 0 Å². The Morgan fingerprint density at radius 2 is 1.88 bits per heavy atom. The van der Waals surface area contributed by atoms with Crippen LogP contribution in [0.1, 0.15) is 53.4 Å². The quantitative estimate of drug-likeness (QED) is 0.573. The van der Waals surface area contributed by atoms with Gasteiger partial charge in [-0.2, -0.15) is 4.31 Å². The second kappa shape index (κ2) is 10.5. The number of carbonyl (C=O) groups is 2. The number of fused-ring (bicyclic) bond motifs is 1. The number of anilines is 1. The summed E-state index contributed by atoms with van der Waals surface area (Å²) in [5.41, 5.74) is 1.45. The van der Waals surface area contributed by atoms with Crippen LogP contribution in [0.25, 0.3) is 0 Å². The van der Waals surface area contributed by atoms with E-state index in [0.29, 0.717) is 35.7 Å². The van der Waals surface area contributed by atoms with Crippen molar-refractivity contribution in [1.29, 1.82) is 0 Å². The van der Waals surface area contributed by atoms with Gasteiger partial charge in [0.05, 0.1) is 30.1 Å². The molecule has 2 heterocycles. The third-order valence-corrected chi connectivity index (χ3v) is 9.43. The minimum absolute atomic E-state index is 0.0972. The number of thiophene rings is 1. The molecule has 1 aliphatic carbocycles. The van der Waals surface area contributed by atoms with Crippen LogP contribution in [0.5, 0.6) is 5.75 Å². The van der Waals surface area contributed by atoms with E-state index in [1.54, 1.807) is 19.1 Å². The molecular weight excluding hydrogens is 476 g/mol. The average Bonchev–Trinajstić information content (AvgIpc) is 3.22. The maximum Gasteiger partial charge on any atom is 0.341 e. The number of benzene rings is 1. The largest absolute Gasteiger partial charge is 0.497 e. The number of hydrogen-bond acceptors (Lipinski definition) is 7. The zero-order chi connectivity index (χ0) is 24.3. The summed E-state index contributed by atoms with van der Waals surface area (Å²) >= 11 is 1.44. The first-order valence-electron chi connectivity index (χ1n) is 11.6.